The number of halogens is 1. The molecule has 3 aromatic rings. The zero-order chi connectivity index (χ0) is 16.7. The molecule has 0 aliphatic heterocycles. The maximum Gasteiger partial charge on any atom is 0.133 e. The summed E-state index contributed by atoms with van der Waals surface area (Å²) in [7, 11) is 0. The summed E-state index contributed by atoms with van der Waals surface area (Å²) in [6.45, 7) is 9.55. The highest BCUT2D eigenvalue weighted by Crippen LogP contribution is 2.35. The highest BCUT2D eigenvalue weighted by molar-refractivity contribution is 7.16. The predicted molar refractivity (Wildman–Crippen MR) is 93.9 cm³/mol. The maximum absolute atomic E-state index is 14.5. The zero-order valence-electron chi connectivity index (χ0n) is 13.2. The second-order valence-electron chi connectivity index (χ2n) is 5.64. The van der Waals surface area contributed by atoms with Gasteiger partial charge in [0, 0.05) is 16.3 Å². The Kier molecular flexibility index (Phi) is 3.75. The normalized spacial score (nSPS) is 10.7. The smallest absolute Gasteiger partial charge is 0.133 e. The molecule has 0 unspecified atom stereocenters. The van der Waals surface area contributed by atoms with Gasteiger partial charge in [0.1, 0.15) is 10.8 Å². The van der Waals surface area contributed by atoms with Crippen LogP contribution in [-0.2, 0) is 0 Å². The third-order valence-electron chi connectivity index (χ3n) is 3.81. The Balaban J connectivity index is 2.31. The van der Waals surface area contributed by atoms with Crippen molar-refractivity contribution < 1.29 is 4.39 Å². The summed E-state index contributed by atoms with van der Waals surface area (Å²) >= 11 is 1.52. The third-order valence-corrected chi connectivity index (χ3v) is 5.18. The molecule has 23 heavy (non-hydrogen) atoms. The largest absolute Gasteiger partial charge is 0.241 e. The minimum atomic E-state index is -0.283. The summed E-state index contributed by atoms with van der Waals surface area (Å²) in [5.41, 5.74) is 3.65. The van der Waals surface area contributed by atoms with Gasteiger partial charge in [-0.2, -0.15) is 5.26 Å². The van der Waals surface area contributed by atoms with Crippen molar-refractivity contribution in [2.75, 3.05) is 0 Å². The Morgan fingerprint density at radius 1 is 1.26 bits per heavy atom. The van der Waals surface area contributed by atoms with E-state index < -0.39 is 0 Å². The fourth-order valence-electron chi connectivity index (χ4n) is 2.64. The van der Waals surface area contributed by atoms with E-state index in [0.717, 1.165) is 26.7 Å². The van der Waals surface area contributed by atoms with Crippen LogP contribution in [0, 0.1) is 31.0 Å². The summed E-state index contributed by atoms with van der Waals surface area (Å²) in [6.07, 6.45) is 0. The minimum absolute atomic E-state index is 0.283. The maximum atomic E-state index is 14.5. The molecule has 0 aliphatic carbocycles. The molecule has 0 radical (unpaired) electrons. The summed E-state index contributed by atoms with van der Waals surface area (Å²) in [5, 5.41) is 11.3. The van der Waals surface area contributed by atoms with Crippen LogP contribution < -0.4 is 0 Å². The average molecular weight is 322 g/mol. The number of aryl methyl sites for hydroxylation is 2. The predicted octanol–water partition coefficient (Wildman–Crippen LogP) is 5.62. The number of fused-ring (bicyclic) bond motifs is 1. The summed E-state index contributed by atoms with van der Waals surface area (Å²) in [4.78, 5) is 5.59. The molecule has 2 nitrogen and oxygen atoms in total. The number of benzene rings is 2. The van der Waals surface area contributed by atoms with Gasteiger partial charge in [0.2, 0.25) is 0 Å². The van der Waals surface area contributed by atoms with Gasteiger partial charge in [-0.15, -0.1) is 11.3 Å². The van der Waals surface area contributed by atoms with E-state index in [4.69, 9.17) is 0 Å². The Morgan fingerprint density at radius 3 is 2.61 bits per heavy atom. The van der Waals surface area contributed by atoms with E-state index in [9.17, 15) is 9.65 Å². The quantitative estimate of drug-likeness (QED) is 0.613. The second-order valence-corrected chi connectivity index (χ2v) is 6.64. The molecule has 0 N–H and O–H groups in total. The molecule has 0 saturated heterocycles. The number of nitriles is 1. The molecule has 1 aromatic heterocycles. The van der Waals surface area contributed by atoms with E-state index in [0.29, 0.717) is 21.9 Å². The number of aromatic nitrogens is 1. The van der Waals surface area contributed by atoms with Crippen molar-refractivity contribution in [1.82, 2.24) is 4.98 Å². The highest BCUT2D eigenvalue weighted by atomic mass is 32.1. The van der Waals surface area contributed by atoms with Gasteiger partial charge in [0.15, 0.2) is 0 Å². The van der Waals surface area contributed by atoms with Crippen molar-refractivity contribution in [3.05, 3.63) is 58.4 Å². The van der Waals surface area contributed by atoms with Crippen LogP contribution in [0.2, 0.25) is 0 Å². The summed E-state index contributed by atoms with van der Waals surface area (Å²) in [5.74, 6) is -0.283. The Bertz CT molecular complexity index is 993. The minimum Gasteiger partial charge on any atom is -0.241 e. The van der Waals surface area contributed by atoms with Crippen molar-refractivity contribution in [3.63, 3.8) is 0 Å². The van der Waals surface area contributed by atoms with Crippen LogP contribution in [0.1, 0.15) is 28.6 Å². The topological polar surface area (TPSA) is 36.7 Å². The van der Waals surface area contributed by atoms with E-state index in [1.54, 1.807) is 31.2 Å². The SMILES string of the molecule is C=C(C)c1sc(-c2cc(C#N)c3ccc(C)c(F)c3c2)nc1C. The Morgan fingerprint density at radius 2 is 2.00 bits per heavy atom. The van der Waals surface area contributed by atoms with Gasteiger partial charge in [-0.25, -0.2) is 9.37 Å². The van der Waals surface area contributed by atoms with Gasteiger partial charge < -0.3 is 0 Å². The third kappa shape index (κ3) is 2.54. The molecule has 3 rings (SSSR count). The number of allylic oxidation sites excluding steroid dienone is 1. The zero-order valence-corrected chi connectivity index (χ0v) is 14.0. The summed E-state index contributed by atoms with van der Waals surface area (Å²) in [6, 6.07) is 9.21. The first-order valence-corrected chi connectivity index (χ1v) is 8.00. The summed E-state index contributed by atoms with van der Waals surface area (Å²) < 4.78 is 14.5. The fraction of sp³-hybridized carbons (Fsp3) is 0.158. The van der Waals surface area contributed by atoms with Crippen LogP contribution in [0.3, 0.4) is 0 Å². The van der Waals surface area contributed by atoms with E-state index in [2.05, 4.69) is 17.6 Å². The van der Waals surface area contributed by atoms with Crippen molar-refractivity contribution in [3.8, 4) is 16.6 Å². The van der Waals surface area contributed by atoms with E-state index in [1.807, 2.05) is 13.8 Å². The number of thiazole rings is 1. The first-order valence-electron chi connectivity index (χ1n) is 7.19. The van der Waals surface area contributed by atoms with E-state index >= 15 is 0 Å². The van der Waals surface area contributed by atoms with Gasteiger partial charge in [-0.05, 0) is 44.0 Å². The van der Waals surface area contributed by atoms with Crippen LogP contribution in [0.25, 0.3) is 26.9 Å². The molecule has 4 heteroatoms. The molecule has 0 amide bonds. The standard InChI is InChI=1S/C19H15FN2S/c1-10(2)18-12(4)22-19(23-18)13-7-14(9-21)15-6-5-11(3)17(20)16(15)8-13/h5-8H,1H2,2-4H3. The number of hydrogen-bond acceptors (Lipinski definition) is 3. The Hall–Kier alpha value is -2.51. The molecule has 0 atom stereocenters. The molecule has 0 spiro atoms. The molecule has 2 aromatic carbocycles. The molecule has 0 aliphatic rings. The van der Waals surface area contributed by atoms with E-state index in [-0.39, 0.29) is 5.82 Å². The lowest BCUT2D eigenvalue weighted by molar-refractivity contribution is 0.631. The van der Waals surface area contributed by atoms with Gasteiger partial charge in [-0.1, -0.05) is 18.7 Å². The molecule has 0 saturated carbocycles. The fourth-order valence-corrected chi connectivity index (χ4v) is 3.62. The lowest BCUT2D eigenvalue weighted by atomic mass is 9.99. The van der Waals surface area contributed by atoms with Crippen LogP contribution >= 0.6 is 11.3 Å². The number of nitrogens with zero attached hydrogens (tertiary/aromatic N) is 2. The van der Waals surface area contributed by atoms with Crippen LogP contribution in [-0.4, -0.2) is 4.98 Å². The average Bonchev–Trinajstić information content (AvgIpc) is 2.92. The van der Waals surface area contributed by atoms with Crippen LogP contribution in [0.5, 0.6) is 0 Å². The lowest BCUT2D eigenvalue weighted by Crippen LogP contribution is -1.90. The number of hydrogen-bond donors (Lipinski definition) is 0. The van der Waals surface area contributed by atoms with Gasteiger partial charge in [0.25, 0.3) is 0 Å². The van der Waals surface area contributed by atoms with Gasteiger partial charge in [-0.3, -0.25) is 0 Å². The molecule has 0 fully saturated rings. The van der Waals surface area contributed by atoms with E-state index in [1.165, 1.54) is 11.3 Å². The van der Waals surface area contributed by atoms with Crippen molar-refractivity contribution in [2.45, 2.75) is 20.8 Å². The molecular weight excluding hydrogens is 307 g/mol. The Labute approximate surface area is 138 Å². The van der Waals surface area contributed by atoms with Crippen LogP contribution in [0.15, 0.2) is 30.8 Å². The molecule has 0 bridgehead atoms. The van der Waals surface area contributed by atoms with Crippen molar-refractivity contribution in [2.24, 2.45) is 0 Å². The first kappa shape index (κ1) is 15.4. The molecule has 114 valence electrons. The second kappa shape index (κ2) is 5.60. The van der Waals surface area contributed by atoms with Gasteiger partial charge in [0.05, 0.1) is 22.2 Å². The number of rotatable bonds is 2. The molecule has 1 heterocycles. The lowest BCUT2D eigenvalue weighted by Gasteiger charge is -2.07. The van der Waals surface area contributed by atoms with Crippen LogP contribution in [0.4, 0.5) is 4.39 Å². The van der Waals surface area contributed by atoms with Crippen molar-refractivity contribution >= 4 is 27.7 Å². The van der Waals surface area contributed by atoms with Crippen molar-refractivity contribution in [1.29, 1.82) is 5.26 Å². The monoisotopic (exact) mass is 322 g/mol. The van der Waals surface area contributed by atoms with Gasteiger partial charge >= 0.3 is 0 Å². The highest BCUT2D eigenvalue weighted by Gasteiger charge is 2.14. The molecular formula is C19H15FN2S. The first-order chi connectivity index (χ1) is 10.9.